The van der Waals surface area contributed by atoms with Crippen LogP contribution < -0.4 is 9.47 Å². The Morgan fingerprint density at radius 1 is 1.13 bits per heavy atom. The summed E-state index contributed by atoms with van der Waals surface area (Å²) >= 11 is 0. The second kappa shape index (κ2) is 5.24. The number of carbonyl (C=O) groups excluding carboxylic acids is 1. The minimum atomic E-state index is -0.321. The van der Waals surface area contributed by atoms with E-state index in [0.29, 0.717) is 17.1 Å². The van der Waals surface area contributed by atoms with E-state index in [1.807, 2.05) is 0 Å². The maximum atomic E-state index is 11.2. The summed E-state index contributed by atoms with van der Waals surface area (Å²) in [5, 5.41) is 0. The first-order valence-electron chi connectivity index (χ1n) is 4.49. The summed E-state index contributed by atoms with van der Waals surface area (Å²) in [6.07, 6.45) is 0.143. The van der Waals surface area contributed by atoms with E-state index in [1.165, 1.54) is 7.11 Å². The molecule has 82 valence electrons. The van der Waals surface area contributed by atoms with Crippen LogP contribution in [0.3, 0.4) is 0 Å². The predicted octanol–water partition coefficient (Wildman–Crippen LogP) is 1.42. The molecule has 0 radical (unpaired) electrons. The van der Waals surface area contributed by atoms with Crippen LogP contribution >= 0.6 is 0 Å². The van der Waals surface area contributed by atoms with E-state index in [0.717, 1.165) is 0 Å². The third-order valence-corrected chi connectivity index (χ3v) is 2.08. The topological polar surface area (TPSA) is 44.8 Å². The fourth-order valence-corrected chi connectivity index (χ4v) is 1.32. The Kier molecular flexibility index (Phi) is 3.97. The quantitative estimate of drug-likeness (QED) is 0.705. The molecule has 0 aliphatic carbocycles. The average Bonchev–Trinajstić information content (AvgIpc) is 2.29. The van der Waals surface area contributed by atoms with Crippen LogP contribution in [0.5, 0.6) is 11.5 Å². The monoisotopic (exact) mass is 210 g/mol. The number of methoxy groups -OCH3 is 3. The van der Waals surface area contributed by atoms with Gasteiger partial charge in [0, 0.05) is 5.56 Å². The van der Waals surface area contributed by atoms with Crippen LogP contribution in [-0.2, 0) is 16.0 Å². The van der Waals surface area contributed by atoms with Crippen molar-refractivity contribution < 1.29 is 19.0 Å². The van der Waals surface area contributed by atoms with Crippen LogP contribution in [0.15, 0.2) is 18.2 Å². The van der Waals surface area contributed by atoms with Gasteiger partial charge in [0.05, 0.1) is 27.8 Å². The van der Waals surface area contributed by atoms with E-state index in [9.17, 15) is 4.79 Å². The third-order valence-electron chi connectivity index (χ3n) is 2.08. The summed E-state index contributed by atoms with van der Waals surface area (Å²) in [5.74, 6) is 0.928. The zero-order valence-corrected chi connectivity index (χ0v) is 9.07. The second-order valence-electron chi connectivity index (χ2n) is 2.89. The Morgan fingerprint density at radius 2 is 1.67 bits per heavy atom. The van der Waals surface area contributed by atoms with E-state index in [4.69, 9.17) is 9.47 Å². The number of esters is 1. The van der Waals surface area contributed by atoms with Crippen LogP contribution in [-0.4, -0.2) is 27.3 Å². The lowest BCUT2D eigenvalue weighted by Gasteiger charge is -2.11. The lowest BCUT2D eigenvalue weighted by molar-refractivity contribution is -0.139. The molecule has 0 spiro atoms. The molecule has 4 heteroatoms. The van der Waals surface area contributed by atoms with Gasteiger partial charge in [0.25, 0.3) is 0 Å². The zero-order chi connectivity index (χ0) is 11.3. The Labute approximate surface area is 88.8 Å². The molecule has 0 aliphatic heterocycles. The minimum absolute atomic E-state index is 0.143. The van der Waals surface area contributed by atoms with Crippen molar-refractivity contribution in [3.63, 3.8) is 0 Å². The lowest BCUT2D eigenvalue weighted by atomic mass is 10.1. The SMILES string of the molecule is COC(=O)Cc1c(OC)cccc1OC. The maximum absolute atomic E-state index is 11.2. The van der Waals surface area contributed by atoms with Crippen molar-refractivity contribution in [1.29, 1.82) is 0 Å². The minimum Gasteiger partial charge on any atom is -0.496 e. The molecule has 1 aromatic carbocycles. The summed E-state index contributed by atoms with van der Waals surface area (Å²) in [7, 11) is 4.45. The van der Waals surface area contributed by atoms with Gasteiger partial charge in [0.15, 0.2) is 0 Å². The molecule has 0 saturated heterocycles. The van der Waals surface area contributed by atoms with Gasteiger partial charge in [-0.05, 0) is 12.1 Å². The van der Waals surface area contributed by atoms with Gasteiger partial charge in [-0.3, -0.25) is 4.79 Å². The van der Waals surface area contributed by atoms with Crippen molar-refractivity contribution in [1.82, 2.24) is 0 Å². The number of carbonyl (C=O) groups is 1. The number of benzene rings is 1. The molecule has 4 nitrogen and oxygen atoms in total. The summed E-state index contributed by atoms with van der Waals surface area (Å²) < 4.78 is 14.9. The van der Waals surface area contributed by atoms with Crippen LogP contribution in [0, 0.1) is 0 Å². The molecule has 1 rings (SSSR count). The van der Waals surface area contributed by atoms with Crippen molar-refractivity contribution in [2.24, 2.45) is 0 Å². The molecule has 0 amide bonds. The smallest absolute Gasteiger partial charge is 0.310 e. The summed E-state index contributed by atoms with van der Waals surface area (Å²) in [5.41, 5.74) is 0.703. The highest BCUT2D eigenvalue weighted by atomic mass is 16.5. The first-order valence-corrected chi connectivity index (χ1v) is 4.49. The molecule has 0 aromatic heterocycles. The van der Waals surface area contributed by atoms with Gasteiger partial charge in [-0.25, -0.2) is 0 Å². The number of hydrogen-bond acceptors (Lipinski definition) is 4. The van der Waals surface area contributed by atoms with Gasteiger partial charge in [-0.15, -0.1) is 0 Å². The van der Waals surface area contributed by atoms with Gasteiger partial charge < -0.3 is 14.2 Å². The lowest BCUT2D eigenvalue weighted by Crippen LogP contribution is -2.07. The van der Waals surface area contributed by atoms with Crippen LogP contribution in [0.2, 0.25) is 0 Å². The van der Waals surface area contributed by atoms with E-state index in [-0.39, 0.29) is 12.4 Å². The van der Waals surface area contributed by atoms with E-state index < -0.39 is 0 Å². The molecule has 0 atom stereocenters. The van der Waals surface area contributed by atoms with Crippen molar-refractivity contribution >= 4 is 5.97 Å². The van der Waals surface area contributed by atoms with E-state index in [2.05, 4.69) is 4.74 Å². The zero-order valence-electron chi connectivity index (χ0n) is 9.07. The van der Waals surface area contributed by atoms with Crippen molar-refractivity contribution in [3.05, 3.63) is 23.8 Å². The number of hydrogen-bond donors (Lipinski definition) is 0. The molecule has 0 fully saturated rings. The first-order chi connectivity index (χ1) is 7.22. The van der Waals surface area contributed by atoms with Crippen LogP contribution in [0.25, 0.3) is 0 Å². The Balaban J connectivity index is 3.05. The molecule has 0 N–H and O–H groups in total. The maximum Gasteiger partial charge on any atom is 0.310 e. The van der Waals surface area contributed by atoms with Gasteiger partial charge in [-0.1, -0.05) is 6.07 Å². The molecule has 0 bridgehead atoms. The average molecular weight is 210 g/mol. The van der Waals surface area contributed by atoms with Gasteiger partial charge in [0.1, 0.15) is 11.5 Å². The summed E-state index contributed by atoms with van der Waals surface area (Å²) in [6, 6.07) is 5.36. The standard InChI is InChI=1S/C11H14O4/c1-13-9-5-4-6-10(14-2)8(9)7-11(12)15-3/h4-6H,7H2,1-3H3. The summed E-state index contributed by atoms with van der Waals surface area (Å²) in [4.78, 5) is 11.2. The Morgan fingerprint density at radius 3 is 2.07 bits per heavy atom. The van der Waals surface area contributed by atoms with Crippen molar-refractivity contribution in [2.45, 2.75) is 6.42 Å². The first kappa shape index (κ1) is 11.4. The van der Waals surface area contributed by atoms with Crippen LogP contribution in [0.4, 0.5) is 0 Å². The van der Waals surface area contributed by atoms with Crippen molar-refractivity contribution in [2.75, 3.05) is 21.3 Å². The molecule has 15 heavy (non-hydrogen) atoms. The van der Waals surface area contributed by atoms with Gasteiger partial charge in [0.2, 0.25) is 0 Å². The Hall–Kier alpha value is -1.71. The Bertz CT molecular complexity index is 324. The molecule has 0 aliphatic rings. The van der Waals surface area contributed by atoms with Crippen molar-refractivity contribution in [3.8, 4) is 11.5 Å². The fraction of sp³-hybridized carbons (Fsp3) is 0.364. The van der Waals surface area contributed by atoms with E-state index >= 15 is 0 Å². The molecular formula is C11H14O4. The number of rotatable bonds is 4. The molecule has 1 aromatic rings. The van der Waals surface area contributed by atoms with Gasteiger partial charge >= 0.3 is 5.97 Å². The predicted molar refractivity (Wildman–Crippen MR) is 55.3 cm³/mol. The normalized spacial score (nSPS) is 9.53. The third kappa shape index (κ3) is 2.62. The highest BCUT2D eigenvalue weighted by Crippen LogP contribution is 2.28. The van der Waals surface area contributed by atoms with Gasteiger partial charge in [-0.2, -0.15) is 0 Å². The van der Waals surface area contributed by atoms with Crippen LogP contribution in [0.1, 0.15) is 5.56 Å². The molecular weight excluding hydrogens is 196 g/mol. The highest BCUT2D eigenvalue weighted by molar-refractivity contribution is 5.74. The summed E-state index contributed by atoms with van der Waals surface area (Å²) in [6.45, 7) is 0. The highest BCUT2D eigenvalue weighted by Gasteiger charge is 2.13. The number of ether oxygens (including phenoxy) is 3. The molecule has 0 unspecified atom stereocenters. The largest absolute Gasteiger partial charge is 0.496 e. The molecule has 0 heterocycles. The fourth-order valence-electron chi connectivity index (χ4n) is 1.32. The van der Waals surface area contributed by atoms with E-state index in [1.54, 1.807) is 32.4 Å². The second-order valence-corrected chi connectivity index (χ2v) is 2.89. The molecule has 0 saturated carbocycles.